The van der Waals surface area contributed by atoms with Crippen molar-refractivity contribution < 1.29 is 22.0 Å². The van der Waals surface area contributed by atoms with Gasteiger partial charge in [-0.3, -0.25) is 0 Å². The number of nitrogens with zero attached hydrogens (tertiary/aromatic N) is 1. The molecule has 0 fully saturated rings. The molecular formula is C12H13F2N3O3S. The summed E-state index contributed by atoms with van der Waals surface area (Å²) < 4.78 is 52.4. The minimum absolute atomic E-state index is 0.192. The van der Waals surface area contributed by atoms with Crippen molar-refractivity contribution in [2.45, 2.75) is 18.2 Å². The third-order valence-electron chi connectivity index (χ3n) is 2.89. The summed E-state index contributed by atoms with van der Waals surface area (Å²) in [6.45, 7) is 2.07. The van der Waals surface area contributed by atoms with Gasteiger partial charge in [0, 0.05) is 6.20 Å². The Kier molecular flexibility index (Phi) is 4.12. The van der Waals surface area contributed by atoms with Crippen LogP contribution in [0.4, 0.5) is 13.6 Å². The molecule has 0 atom stereocenters. The maximum absolute atomic E-state index is 13.5. The highest BCUT2D eigenvalue weighted by atomic mass is 32.2. The number of halogens is 2. The standard InChI is InChI=1S/C12H13F2N3O3S/c1-2-8-6-15-17(7-8)12(18)16-21(19,20)11-9(13)4-3-5-10(11)14/h3-6,15H,2,7H2,1H3,(H,16,18). The zero-order valence-corrected chi connectivity index (χ0v) is 11.9. The molecule has 0 aromatic heterocycles. The number of hydrogen-bond acceptors (Lipinski definition) is 4. The van der Waals surface area contributed by atoms with E-state index in [0.717, 1.165) is 28.8 Å². The van der Waals surface area contributed by atoms with Crippen molar-refractivity contribution in [1.29, 1.82) is 0 Å². The average molecular weight is 317 g/mol. The highest BCUT2D eigenvalue weighted by Crippen LogP contribution is 2.18. The molecule has 114 valence electrons. The van der Waals surface area contributed by atoms with Crippen molar-refractivity contribution in [1.82, 2.24) is 15.2 Å². The highest BCUT2D eigenvalue weighted by molar-refractivity contribution is 7.90. The first kappa shape index (κ1) is 15.2. The van der Waals surface area contributed by atoms with E-state index in [9.17, 15) is 22.0 Å². The minimum Gasteiger partial charge on any atom is -0.302 e. The van der Waals surface area contributed by atoms with Gasteiger partial charge in [0.25, 0.3) is 10.0 Å². The first-order chi connectivity index (χ1) is 9.85. The zero-order chi connectivity index (χ0) is 15.6. The second kappa shape index (κ2) is 5.68. The van der Waals surface area contributed by atoms with Gasteiger partial charge in [-0.15, -0.1) is 0 Å². The van der Waals surface area contributed by atoms with Crippen LogP contribution in [0.2, 0.25) is 0 Å². The SMILES string of the molecule is CCC1=CNN(C(=O)NS(=O)(=O)c2c(F)cccc2F)C1. The lowest BCUT2D eigenvalue weighted by Gasteiger charge is -2.17. The molecule has 1 aromatic rings. The van der Waals surface area contributed by atoms with E-state index in [0.29, 0.717) is 6.42 Å². The summed E-state index contributed by atoms with van der Waals surface area (Å²) in [4.78, 5) is 10.6. The monoisotopic (exact) mass is 317 g/mol. The first-order valence-corrected chi connectivity index (χ1v) is 7.56. The number of amides is 2. The molecule has 0 aliphatic carbocycles. The van der Waals surface area contributed by atoms with E-state index in [1.54, 1.807) is 10.9 Å². The molecule has 1 aromatic carbocycles. The summed E-state index contributed by atoms with van der Waals surface area (Å²) in [6.07, 6.45) is 2.25. The van der Waals surface area contributed by atoms with E-state index in [1.807, 2.05) is 6.92 Å². The molecule has 0 saturated carbocycles. The van der Waals surface area contributed by atoms with Gasteiger partial charge >= 0.3 is 6.03 Å². The lowest BCUT2D eigenvalue weighted by molar-refractivity contribution is 0.199. The Morgan fingerprint density at radius 1 is 1.38 bits per heavy atom. The fourth-order valence-electron chi connectivity index (χ4n) is 1.77. The van der Waals surface area contributed by atoms with Crippen molar-refractivity contribution in [2.24, 2.45) is 0 Å². The number of rotatable bonds is 3. The molecule has 0 unspecified atom stereocenters. The lowest BCUT2D eigenvalue weighted by Crippen LogP contribution is -2.46. The number of hydrazine groups is 1. The van der Waals surface area contributed by atoms with Gasteiger partial charge in [-0.1, -0.05) is 13.0 Å². The van der Waals surface area contributed by atoms with Crippen LogP contribution in [-0.4, -0.2) is 26.0 Å². The van der Waals surface area contributed by atoms with E-state index in [-0.39, 0.29) is 6.54 Å². The quantitative estimate of drug-likeness (QED) is 0.885. The largest absolute Gasteiger partial charge is 0.350 e. The summed E-state index contributed by atoms with van der Waals surface area (Å²) >= 11 is 0. The summed E-state index contributed by atoms with van der Waals surface area (Å²) in [5.74, 6) is -2.53. The van der Waals surface area contributed by atoms with Crippen LogP contribution in [0.1, 0.15) is 13.3 Å². The van der Waals surface area contributed by atoms with Crippen LogP contribution in [0.25, 0.3) is 0 Å². The van der Waals surface area contributed by atoms with Crippen LogP contribution in [0.5, 0.6) is 0 Å². The van der Waals surface area contributed by atoms with Crippen LogP contribution in [0.15, 0.2) is 34.9 Å². The Morgan fingerprint density at radius 3 is 2.52 bits per heavy atom. The molecule has 9 heteroatoms. The van der Waals surface area contributed by atoms with Crippen LogP contribution < -0.4 is 10.1 Å². The van der Waals surface area contributed by atoms with Crippen LogP contribution in [-0.2, 0) is 10.0 Å². The van der Waals surface area contributed by atoms with Gasteiger partial charge in [0.1, 0.15) is 11.6 Å². The Balaban J connectivity index is 2.17. The van der Waals surface area contributed by atoms with Gasteiger partial charge < -0.3 is 5.43 Å². The molecule has 2 N–H and O–H groups in total. The Morgan fingerprint density at radius 2 is 2.00 bits per heavy atom. The Bertz CT molecular complexity index is 683. The first-order valence-electron chi connectivity index (χ1n) is 6.07. The molecule has 21 heavy (non-hydrogen) atoms. The molecule has 0 bridgehead atoms. The molecule has 0 radical (unpaired) electrons. The predicted octanol–water partition coefficient (Wildman–Crippen LogP) is 1.48. The fraction of sp³-hybridized carbons (Fsp3) is 0.250. The number of urea groups is 1. The lowest BCUT2D eigenvalue weighted by atomic mass is 10.2. The third-order valence-corrected chi connectivity index (χ3v) is 4.27. The van der Waals surface area contributed by atoms with Crippen LogP contribution in [0.3, 0.4) is 0 Å². The summed E-state index contributed by atoms with van der Waals surface area (Å²) in [6, 6.07) is 1.61. The van der Waals surface area contributed by atoms with Crippen molar-refractivity contribution in [3.05, 3.63) is 41.6 Å². The molecule has 2 rings (SSSR count). The number of sulfonamides is 1. The average Bonchev–Trinajstić information content (AvgIpc) is 2.86. The van der Waals surface area contributed by atoms with Gasteiger partial charge in [-0.25, -0.2) is 31.7 Å². The van der Waals surface area contributed by atoms with E-state index in [1.165, 1.54) is 0 Å². The highest BCUT2D eigenvalue weighted by Gasteiger charge is 2.29. The summed E-state index contributed by atoms with van der Waals surface area (Å²) in [5, 5.41) is 0.995. The van der Waals surface area contributed by atoms with Crippen molar-refractivity contribution in [3.8, 4) is 0 Å². The van der Waals surface area contributed by atoms with E-state index >= 15 is 0 Å². The second-order valence-corrected chi connectivity index (χ2v) is 5.95. The van der Waals surface area contributed by atoms with E-state index < -0.39 is 32.6 Å². The van der Waals surface area contributed by atoms with Crippen LogP contribution >= 0.6 is 0 Å². The molecule has 1 aliphatic rings. The van der Waals surface area contributed by atoms with Gasteiger partial charge in [-0.05, 0) is 24.1 Å². The molecule has 2 amide bonds. The Labute approximate surface area is 120 Å². The number of nitrogens with one attached hydrogen (secondary N) is 2. The number of carbonyl (C=O) groups excluding carboxylic acids is 1. The minimum atomic E-state index is -4.64. The third kappa shape index (κ3) is 3.13. The maximum Gasteiger partial charge on any atom is 0.350 e. The number of hydrogen-bond donors (Lipinski definition) is 2. The smallest absolute Gasteiger partial charge is 0.302 e. The molecule has 0 saturated heterocycles. The fourth-order valence-corrected chi connectivity index (χ4v) is 2.86. The molecule has 1 heterocycles. The van der Waals surface area contributed by atoms with Crippen molar-refractivity contribution in [2.75, 3.05) is 6.54 Å². The number of carbonyl (C=O) groups is 1. The summed E-state index contributed by atoms with van der Waals surface area (Å²) in [5.41, 5.74) is 3.46. The molecule has 0 spiro atoms. The van der Waals surface area contributed by atoms with Gasteiger partial charge in [0.15, 0.2) is 4.90 Å². The maximum atomic E-state index is 13.5. The predicted molar refractivity (Wildman–Crippen MR) is 70.3 cm³/mol. The van der Waals surface area contributed by atoms with Crippen molar-refractivity contribution >= 4 is 16.1 Å². The summed E-state index contributed by atoms with van der Waals surface area (Å²) in [7, 11) is -4.64. The normalized spacial score (nSPS) is 14.6. The second-order valence-electron chi connectivity index (χ2n) is 4.33. The number of benzene rings is 1. The van der Waals surface area contributed by atoms with Crippen LogP contribution in [0, 0.1) is 11.6 Å². The van der Waals surface area contributed by atoms with E-state index in [2.05, 4.69) is 5.43 Å². The Hall–Kier alpha value is -2.16. The topological polar surface area (TPSA) is 78.5 Å². The van der Waals surface area contributed by atoms with Gasteiger partial charge in [0.2, 0.25) is 0 Å². The molecular weight excluding hydrogens is 304 g/mol. The van der Waals surface area contributed by atoms with E-state index in [4.69, 9.17) is 0 Å². The zero-order valence-electron chi connectivity index (χ0n) is 11.1. The molecule has 1 aliphatic heterocycles. The molecule has 6 nitrogen and oxygen atoms in total. The van der Waals surface area contributed by atoms with Crippen molar-refractivity contribution in [3.63, 3.8) is 0 Å². The van der Waals surface area contributed by atoms with Gasteiger partial charge in [-0.2, -0.15) is 0 Å². The van der Waals surface area contributed by atoms with Gasteiger partial charge in [0.05, 0.1) is 6.54 Å².